The van der Waals surface area contributed by atoms with Crippen molar-refractivity contribution in [3.05, 3.63) is 41.6 Å². The summed E-state index contributed by atoms with van der Waals surface area (Å²) in [5.41, 5.74) is 2.07. The van der Waals surface area contributed by atoms with Crippen molar-refractivity contribution in [2.45, 2.75) is 89.6 Å². The quantitative estimate of drug-likeness (QED) is 0.373. The molecule has 3 atom stereocenters. The van der Waals surface area contributed by atoms with E-state index < -0.39 is 0 Å². The Bertz CT molecular complexity index is 1070. The van der Waals surface area contributed by atoms with Crippen LogP contribution in [-0.2, 0) is 16.0 Å². The Morgan fingerprint density at radius 3 is 2.79 bits per heavy atom. The number of Topliss-reactive ketones (excluding diaryl/α,β-unsaturated/α-hetero) is 1. The molecule has 1 amide bonds. The minimum atomic E-state index is -0.0147. The van der Waals surface area contributed by atoms with Crippen molar-refractivity contribution >= 4 is 17.5 Å². The van der Waals surface area contributed by atoms with Gasteiger partial charge in [0, 0.05) is 48.4 Å². The predicted molar refractivity (Wildman–Crippen MR) is 131 cm³/mol. The molecule has 0 unspecified atom stereocenters. The van der Waals surface area contributed by atoms with Gasteiger partial charge in [0.05, 0.1) is 0 Å². The van der Waals surface area contributed by atoms with E-state index in [2.05, 4.69) is 23.3 Å². The number of fused-ring (bicyclic) bond motifs is 4. The number of nitrogens with one attached hydrogen (secondary N) is 1. The van der Waals surface area contributed by atoms with Crippen molar-refractivity contribution in [1.82, 2.24) is 4.98 Å². The summed E-state index contributed by atoms with van der Waals surface area (Å²) in [6, 6.07) is 7.77. The highest BCUT2D eigenvalue weighted by atomic mass is 16.5. The molecule has 1 aliphatic carbocycles. The maximum absolute atomic E-state index is 12.5. The third kappa shape index (κ3) is 4.96. The van der Waals surface area contributed by atoms with Gasteiger partial charge in [-0.3, -0.25) is 9.59 Å². The first-order chi connectivity index (χ1) is 16.6. The molecule has 0 spiro atoms. The summed E-state index contributed by atoms with van der Waals surface area (Å²) < 4.78 is 12.3. The number of ketones is 1. The van der Waals surface area contributed by atoms with Crippen molar-refractivity contribution in [2.24, 2.45) is 5.92 Å². The number of carbonyl (C=O) groups is 2. The Morgan fingerprint density at radius 2 is 1.94 bits per heavy atom. The molecule has 0 radical (unpaired) electrons. The highest BCUT2D eigenvalue weighted by molar-refractivity contribution is 5.93. The summed E-state index contributed by atoms with van der Waals surface area (Å²) in [6.45, 7) is 2.23. The van der Waals surface area contributed by atoms with Crippen LogP contribution >= 0.6 is 0 Å². The van der Waals surface area contributed by atoms with Crippen LogP contribution in [0.15, 0.2) is 30.5 Å². The lowest BCUT2D eigenvalue weighted by atomic mass is 10.0. The molecule has 3 heterocycles. The number of carbonyl (C=O) groups excluding carboxylic acids is 2. The van der Waals surface area contributed by atoms with E-state index in [0.29, 0.717) is 49.1 Å². The van der Waals surface area contributed by atoms with Crippen LogP contribution in [0.4, 0.5) is 5.82 Å². The lowest BCUT2D eigenvalue weighted by Crippen LogP contribution is -2.20. The number of ether oxygens (including phenoxy) is 2. The molecule has 0 saturated heterocycles. The summed E-state index contributed by atoms with van der Waals surface area (Å²) in [6.07, 6.45) is 12.8. The van der Waals surface area contributed by atoms with Gasteiger partial charge in [0.2, 0.25) is 5.91 Å². The average Bonchev–Trinajstić information content (AvgIpc) is 3.34. The molecular formula is C28H34N2O4. The molecule has 1 saturated carbocycles. The maximum Gasteiger partial charge on any atom is 0.225 e. The lowest BCUT2D eigenvalue weighted by Gasteiger charge is -2.19. The number of aromatic nitrogens is 1. The molecule has 5 rings (SSSR count). The Labute approximate surface area is 201 Å². The molecule has 1 aromatic heterocycles. The number of pyridine rings is 1. The fourth-order valence-corrected chi connectivity index (χ4v) is 5.38. The van der Waals surface area contributed by atoms with Crippen molar-refractivity contribution in [3.8, 4) is 17.2 Å². The average molecular weight is 463 g/mol. The van der Waals surface area contributed by atoms with E-state index in [-0.39, 0.29) is 12.0 Å². The topological polar surface area (TPSA) is 77.5 Å². The van der Waals surface area contributed by atoms with Crippen LogP contribution in [0.5, 0.6) is 17.2 Å². The second-order valence-corrected chi connectivity index (χ2v) is 9.87. The fraction of sp³-hybridized carbons (Fsp3) is 0.536. The summed E-state index contributed by atoms with van der Waals surface area (Å²) in [5, 5.41) is 2.81. The number of hydrogen-bond donors (Lipinski definition) is 1. The smallest absolute Gasteiger partial charge is 0.225 e. The summed E-state index contributed by atoms with van der Waals surface area (Å²) in [7, 11) is 0. The fourth-order valence-electron chi connectivity index (χ4n) is 5.38. The minimum Gasteiger partial charge on any atom is -0.489 e. The van der Waals surface area contributed by atoms with Crippen LogP contribution in [0.1, 0.15) is 88.2 Å². The number of unbranched alkanes of at least 4 members (excludes halogenated alkanes) is 6. The van der Waals surface area contributed by atoms with Crippen molar-refractivity contribution in [1.29, 1.82) is 0 Å². The second-order valence-electron chi connectivity index (χ2n) is 9.87. The zero-order chi connectivity index (χ0) is 23.5. The van der Waals surface area contributed by atoms with Gasteiger partial charge in [-0.15, -0.1) is 0 Å². The van der Waals surface area contributed by atoms with Crippen LogP contribution in [0.25, 0.3) is 0 Å². The molecule has 0 bridgehead atoms. The van der Waals surface area contributed by atoms with E-state index in [1.807, 2.05) is 18.2 Å². The van der Waals surface area contributed by atoms with E-state index in [9.17, 15) is 9.59 Å². The van der Waals surface area contributed by atoms with Gasteiger partial charge in [-0.05, 0) is 37.1 Å². The first kappa shape index (κ1) is 22.9. The largest absolute Gasteiger partial charge is 0.489 e. The highest BCUT2D eigenvalue weighted by Gasteiger charge is 2.58. The van der Waals surface area contributed by atoms with Gasteiger partial charge in [-0.25, -0.2) is 4.98 Å². The first-order valence-electron chi connectivity index (χ1n) is 12.9. The zero-order valence-electron chi connectivity index (χ0n) is 20.0. The molecule has 1 N–H and O–H groups in total. The number of nitrogens with zero attached hydrogens (tertiary/aromatic N) is 1. The third-order valence-corrected chi connectivity index (χ3v) is 7.32. The van der Waals surface area contributed by atoms with Crippen molar-refractivity contribution in [3.63, 3.8) is 0 Å². The summed E-state index contributed by atoms with van der Waals surface area (Å²) in [5.74, 6) is 3.90. The first-order valence-corrected chi connectivity index (χ1v) is 12.9. The Balaban J connectivity index is 1.14. The highest BCUT2D eigenvalue weighted by Crippen LogP contribution is 2.60. The molecule has 34 heavy (non-hydrogen) atoms. The molecule has 3 aliphatic rings. The number of anilines is 1. The van der Waals surface area contributed by atoms with Gasteiger partial charge in [-0.1, -0.05) is 45.4 Å². The number of rotatable bonds is 12. The van der Waals surface area contributed by atoms with E-state index in [1.165, 1.54) is 32.1 Å². The van der Waals surface area contributed by atoms with Gasteiger partial charge in [0.1, 0.15) is 35.0 Å². The summed E-state index contributed by atoms with van der Waals surface area (Å²) >= 11 is 0. The minimum absolute atomic E-state index is 0.0147. The monoisotopic (exact) mass is 462 g/mol. The van der Waals surface area contributed by atoms with E-state index >= 15 is 0 Å². The molecule has 180 valence electrons. The van der Waals surface area contributed by atoms with Crippen LogP contribution in [0.2, 0.25) is 0 Å². The SMILES string of the molecule is CCCCCCCCCC(=O)C[C@@H]1[C@H]2Oc3ccc(Oc4ccnc5c4CCC(=O)N5)cc3[C@@H]12. The van der Waals surface area contributed by atoms with Crippen molar-refractivity contribution < 1.29 is 19.1 Å². The predicted octanol–water partition coefficient (Wildman–Crippen LogP) is 6.33. The molecule has 2 aromatic rings. The van der Waals surface area contributed by atoms with Crippen molar-refractivity contribution in [2.75, 3.05) is 5.32 Å². The normalized spacial score (nSPS) is 21.7. The molecule has 1 fully saturated rings. The van der Waals surface area contributed by atoms with E-state index in [4.69, 9.17) is 9.47 Å². The molecule has 6 nitrogen and oxygen atoms in total. The van der Waals surface area contributed by atoms with Gasteiger partial charge >= 0.3 is 0 Å². The molecule has 2 aliphatic heterocycles. The molecule has 6 heteroatoms. The maximum atomic E-state index is 12.5. The van der Waals surface area contributed by atoms with Gasteiger partial charge in [0.15, 0.2) is 0 Å². The van der Waals surface area contributed by atoms with Gasteiger partial charge in [-0.2, -0.15) is 0 Å². The standard InChI is InChI=1S/C28H34N2O4/c1-2-3-4-5-6-7-8-9-18(31)16-22-26-21-17-19(10-12-23(21)34-27(22)26)33-24-14-15-29-28-20(24)11-13-25(32)30-28/h10,12,14-15,17,22,26-27H,2-9,11,13,16H2,1H3,(H,29,30,32)/t22-,26-,27+/m0/s1. The van der Waals surface area contributed by atoms with Gasteiger partial charge in [0.25, 0.3) is 0 Å². The number of benzene rings is 1. The van der Waals surface area contributed by atoms with Crippen LogP contribution < -0.4 is 14.8 Å². The second kappa shape index (κ2) is 10.2. The van der Waals surface area contributed by atoms with E-state index in [0.717, 1.165) is 41.2 Å². The van der Waals surface area contributed by atoms with Crippen LogP contribution in [0.3, 0.4) is 0 Å². The Hall–Kier alpha value is -2.89. The Kier molecular flexibility index (Phi) is 6.84. The number of hydrogen-bond acceptors (Lipinski definition) is 5. The zero-order valence-corrected chi connectivity index (χ0v) is 20.0. The lowest BCUT2D eigenvalue weighted by molar-refractivity contribution is -0.119. The van der Waals surface area contributed by atoms with Gasteiger partial charge < -0.3 is 14.8 Å². The third-order valence-electron chi connectivity index (χ3n) is 7.32. The Morgan fingerprint density at radius 1 is 1.12 bits per heavy atom. The summed E-state index contributed by atoms with van der Waals surface area (Å²) in [4.78, 5) is 28.5. The van der Waals surface area contributed by atoms with Crippen LogP contribution in [-0.4, -0.2) is 22.8 Å². The molecular weight excluding hydrogens is 428 g/mol. The number of amides is 1. The molecule has 1 aromatic carbocycles. The van der Waals surface area contributed by atoms with Crippen LogP contribution in [0, 0.1) is 5.92 Å². The van der Waals surface area contributed by atoms with E-state index in [1.54, 1.807) is 6.20 Å².